The van der Waals surface area contributed by atoms with Crippen molar-refractivity contribution in [3.8, 4) is 0 Å². The summed E-state index contributed by atoms with van der Waals surface area (Å²) in [6.45, 7) is 5.65. The van der Waals surface area contributed by atoms with Crippen LogP contribution in [0.3, 0.4) is 0 Å². The maximum absolute atomic E-state index is 12.3. The molecule has 1 aromatic rings. The molecule has 0 atom stereocenters. The maximum atomic E-state index is 12.3. The quantitative estimate of drug-likeness (QED) is 0.720. The van der Waals surface area contributed by atoms with Crippen molar-refractivity contribution >= 4 is 17.5 Å². The Kier molecular flexibility index (Phi) is 3.35. The van der Waals surface area contributed by atoms with Crippen LogP contribution in [0.15, 0.2) is 18.3 Å². The van der Waals surface area contributed by atoms with Gasteiger partial charge in [0.2, 0.25) is 0 Å². The zero-order valence-electron chi connectivity index (χ0n) is 9.94. The highest BCUT2D eigenvalue weighted by Gasteiger charge is 2.31. The first-order valence-corrected chi connectivity index (χ1v) is 5.91. The van der Waals surface area contributed by atoms with E-state index >= 15 is 0 Å². The van der Waals surface area contributed by atoms with Crippen LogP contribution in [0.2, 0.25) is 5.15 Å². The van der Waals surface area contributed by atoms with Gasteiger partial charge in [0.25, 0.3) is 5.91 Å². The molecule has 2 heterocycles. The smallest absolute Gasteiger partial charge is 0.257 e. The molecule has 0 N–H and O–H groups in total. The number of aromatic nitrogens is 1. The molecule has 17 heavy (non-hydrogen) atoms. The number of carbonyl (C=O) groups is 1. The van der Waals surface area contributed by atoms with Gasteiger partial charge in [-0.05, 0) is 26.0 Å². The van der Waals surface area contributed by atoms with Gasteiger partial charge in [0.15, 0.2) is 0 Å². The van der Waals surface area contributed by atoms with Crippen LogP contribution in [-0.4, -0.2) is 41.1 Å². The molecular weight excluding hydrogens is 240 g/mol. The van der Waals surface area contributed by atoms with Crippen molar-refractivity contribution in [2.24, 2.45) is 0 Å². The van der Waals surface area contributed by atoms with Gasteiger partial charge in [0.1, 0.15) is 5.15 Å². The number of hydrogen-bond donors (Lipinski definition) is 0. The third-order valence-electron chi connectivity index (χ3n) is 2.70. The van der Waals surface area contributed by atoms with Crippen LogP contribution in [0.5, 0.6) is 0 Å². The lowest BCUT2D eigenvalue weighted by atomic mass is 10.1. The van der Waals surface area contributed by atoms with E-state index in [0.29, 0.717) is 25.3 Å². The lowest BCUT2D eigenvalue weighted by Crippen LogP contribution is -2.50. The first-order chi connectivity index (χ1) is 7.99. The highest BCUT2D eigenvalue weighted by atomic mass is 35.5. The first-order valence-electron chi connectivity index (χ1n) is 5.53. The van der Waals surface area contributed by atoms with Crippen LogP contribution in [-0.2, 0) is 4.74 Å². The van der Waals surface area contributed by atoms with E-state index in [4.69, 9.17) is 16.3 Å². The fraction of sp³-hybridized carbons (Fsp3) is 0.500. The number of carbonyl (C=O) groups excluding carboxylic acids is 1. The molecule has 1 aliphatic heterocycles. The van der Waals surface area contributed by atoms with Gasteiger partial charge in [0, 0.05) is 19.3 Å². The molecule has 0 saturated carbocycles. The van der Waals surface area contributed by atoms with Gasteiger partial charge in [-0.1, -0.05) is 11.6 Å². The fourth-order valence-corrected chi connectivity index (χ4v) is 2.11. The number of hydrogen-bond acceptors (Lipinski definition) is 3. The minimum absolute atomic E-state index is 0.0838. The summed E-state index contributed by atoms with van der Waals surface area (Å²) in [6.07, 6.45) is 1.57. The van der Waals surface area contributed by atoms with Crippen LogP contribution in [0.1, 0.15) is 24.2 Å². The molecule has 0 aromatic carbocycles. The predicted octanol–water partition coefficient (Wildman–Crippen LogP) is 1.99. The fourth-order valence-electron chi connectivity index (χ4n) is 1.91. The molecule has 1 amide bonds. The van der Waals surface area contributed by atoms with Crippen LogP contribution in [0, 0.1) is 0 Å². The van der Waals surface area contributed by atoms with Crippen LogP contribution < -0.4 is 0 Å². The van der Waals surface area contributed by atoms with Gasteiger partial charge in [-0.2, -0.15) is 0 Å². The normalized spacial score (nSPS) is 19.1. The topological polar surface area (TPSA) is 42.4 Å². The molecule has 1 aliphatic rings. The Hall–Kier alpha value is -1.13. The zero-order valence-corrected chi connectivity index (χ0v) is 10.7. The van der Waals surface area contributed by atoms with Gasteiger partial charge in [-0.15, -0.1) is 0 Å². The largest absolute Gasteiger partial charge is 0.372 e. The second-order valence-electron chi connectivity index (χ2n) is 4.68. The Bertz CT molecular complexity index is 434. The summed E-state index contributed by atoms with van der Waals surface area (Å²) in [7, 11) is 0. The summed E-state index contributed by atoms with van der Waals surface area (Å²) in [5.74, 6) is -0.0838. The average molecular weight is 255 g/mol. The Morgan fingerprint density at radius 2 is 2.35 bits per heavy atom. The Labute approximate surface area is 106 Å². The van der Waals surface area contributed by atoms with E-state index in [9.17, 15) is 4.79 Å². The summed E-state index contributed by atoms with van der Waals surface area (Å²) in [5, 5.41) is 0.252. The van der Waals surface area contributed by atoms with E-state index in [1.807, 2.05) is 13.8 Å². The number of halogens is 1. The molecular formula is C12H15ClN2O2. The Morgan fingerprint density at radius 1 is 1.59 bits per heavy atom. The lowest BCUT2D eigenvalue weighted by molar-refractivity contribution is -0.0764. The molecule has 0 unspecified atom stereocenters. The van der Waals surface area contributed by atoms with Gasteiger partial charge in [-0.25, -0.2) is 4.98 Å². The third kappa shape index (κ3) is 2.76. The van der Waals surface area contributed by atoms with Crippen molar-refractivity contribution in [1.82, 2.24) is 9.88 Å². The minimum atomic E-state index is -0.303. The first kappa shape index (κ1) is 12.3. The van der Waals surface area contributed by atoms with Gasteiger partial charge in [0.05, 0.1) is 17.8 Å². The molecule has 5 heteroatoms. The summed E-state index contributed by atoms with van der Waals surface area (Å²) >= 11 is 5.92. The summed E-state index contributed by atoms with van der Waals surface area (Å²) in [5.41, 5.74) is 0.148. The monoisotopic (exact) mass is 254 g/mol. The van der Waals surface area contributed by atoms with Gasteiger partial charge in [-0.3, -0.25) is 4.79 Å². The number of morpholine rings is 1. The molecule has 0 radical (unpaired) electrons. The number of ether oxygens (including phenoxy) is 1. The molecule has 92 valence electrons. The molecule has 0 aliphatic carbocycles. The van der Waals surface area contributed by atoms with Crippen molar-refractivity contribution < 1.29 is 9.53 Å². The van der Waals surface area contributed by atoms with E-state index < -0.39 is 0 Å². The molecule has 1 fully saturated rings. The summed E-state index contributed by atoms with van der Waals surface area (Å²) < 4.78 is 5.57. The molecule has 4 nitrogen and oxygen atoms in total. The molecule has 0 spiro atoms. The average Bonchev–Trinajstić information content (AvgIpc) is 2.27. The Morgan fingerprint density at radius 3 is 3.00 bits per heavy atom. The lowest BCUT2D eigenvalue weighted by Gasteiger charge is -2.38. The molecule has 2 rings (SSSR count). The maximum Gasteiger partial charge on any atom is 0.257 e. The van der Waals surface area contributed by atoms with E-state index in [1.165, 1.54) is 0 Å². The van der Waals surface area contributed by atoms with Crippen molar-refractivity contribution in [3.63, 3.8) is 0 Å². The molecule has 1 saturated heterocycles. The van der Waals surface area contributed by atoms with Crippen LogP contribution >= 0.6 is 11.6 Å². The minimum Gasteiger partial charge on any atom is -0.372 e. The van der Waals surface area contributed by atoms with Crippen LogP contribution in [0.4, 0.5) is 0 Å². The number of nitrogens with zero attached hydrogens (tertiary/aromatic N) is 2. The SMILES string of the molecule is CC1(C)CN(C(=O)c2cccnc2Cl)CCO1. The predicted molar refractivity (Wildman–Crippen MR) is 65.2 cm³/mol. The van der Waals surface area contributed by atoms with E-state index in [-0.39, 0.29) is 16.7 Å². The second kappa shape index (κ2) is 4.63. The second-order valence-corrected chi connectivity index (χ2v) is 5.03. The molecule has 0 bridgehead atoms. The van der Waals surface area contributed by atoms with E-state index in [1.54, 1.807) is 23.2 Å². The van der Waals surface area contributed by atoms with Gasteiger partial charge < -0.3 is 9.64 Å². The number of pyridine rings is 1. The molecule has 1 aromatic heterocycles. The highest BCUT2D eigenvalue weighted by molar-refractivity contribution is 6.32. The van der Waals surface area contributed by atoms with Crippen molar-refractivity contribution in [3.05, 3.63) is 29.0 Å². The summed E-state index contributed by atoms with van der Waals surface area (Å²) in [6, 6.07) is 3.41. The summed E-state index contributed by atoms with van der Waals surface area (Å²) in [4.78, 5) is 17.9. The zero-order chi connectivity index (χ0) is 12.5. The van der Waals surface area contributed by atoms with Crippen LogP contribution in [0.25, 0.3) is 0 Å². The number of amides is 1. The van der Waals surface area contributed by atoms with E-state index in [2.05, 4.69) is 4.98 Å². The highest BCUT2D eigenvalue weighted by Crippen LogP contribution is 2.20. The number of rotatable bonds is 1. The Balaban J connectivity index is 2.18. The van der Waals surface area contributed by atoms with Crippen molar-refractivity contribution in [2.75, 3.05) is 19.7 Å². The standard InChI is InChI=1S/C12H15ClN2O2/c1-12(2)8-15(6-7-17-12)11(16)9-4-3-5-14-10(9)13/h3-5H,6-8H2,1-2H3. The third-order valence-corrected chi connectivity index (χ3v) is 3.00. The van der Waals surface area contributed by atoms with E-state index in [0.717, 1.165) is 0 Å². The van der Waals surface area contributed by atoms with Crippen molar-refractivity contribution in [2.45, 2.75) is 19.4 Å². The van der Waals surface area contributed by atoms with Crippen molar-refractivity contribution in [1.29, 1.82) is 0 Å². The van der Waals surface area contributed by atoms with Gasteiger partial charge >= 0.3 is 0 Å².